The summed E-state index contributed by atoms with van der Waals surface area (Å²) in [4.78, 5) is 0. The highest BCUT2D eigenvalue weighted by Gasteiger charge is 2.21. The third-order valence-corrected chi connectivity index (χ3v) is 3.23. The fourth-order valence-corrected chi connectivity index (χ4v) is 2.51. The minimum atomic E-state index is -0.0347. The quantitative estimate of drug-likeness (QED) is 0.730. The summed E-state index contributed by atoms with van der Waals surface area (Å²) in [6.45, 7) is 4.45. The van der Waals surface area contributed by atoms with Crippen LogP contribution in [0.4, 0.5) is 0 Å². The highest BCUT2D eigenvalue weighted by Crippen LogP contribution is 2.28. The lowest BCUT2D eigenvalue weighted by Gasteiger charge is -2.27. The summed E-state index contributed by atoms with van der Waals surface area (Å²) in [7, 11) is 0. The first-order valence-electron chi connectivity index (χ1n) is 6.01. The summed E-state index contributed by atoms with van der Waals surface area (Å²) < 4.78 is 0. The maximum atomic E-state index is 9.38. The van der Waals surface area contributed by atoms with Crippen LogP contribution < -0.4 is 5.73 Å². The number of hydrogen-bond acceptors (Lipinski definition) is 2. The van der Waals surface area contributed by atoms with Crippen LogP contribution in [0, 0.1) is 11.8 Å². The van der Waals surface area contributed by atoms with E-state index in [-0.39, 0.29) is 6.10 Å². The second-order valence-corrected chi connectivity index (χ2v) is 5.30. The van der Waals surface area contributed by atoms with Crippen molar-refractivity contribution in [2.75, 3.05) is 0 Å². The molecule has 14 heavy (non-hydrogen) atoms. The van der Waals surface area contributed by atoms with Gasteiger partial charge in [-0.25, -0.2) is 0 Å². The van der Waals surface area contributed by atoms with Crippen molar-refractivity contribution in [1.29, 1.82) is 0 Å². The van der Waals surface area contributed by atoms with Crippen LogP contribution in [0.1, 0.15) is 52.4 Å². The van der Waals surface area contributed by atoms with Crippen LogP contribution in [0.3, 0.4) is 0 Å². The van der Waals surface area contributed by atoms with Gasteiger partial charge in [0.1, 0.15) is 0 Å². The smallest absolute Gasteiger partial charge is 0.0540 e. The highest BCUT2D eigenvalue weighted by molar-refractivity contribution is 4.76. The van der Waals surface area contributed by atoms with E-state index in [1.54, 1.807) is 0 Å². The molecule has 0 heterocycles. The first kappa shape index (κ1) is 12.0. The second kappa shape index (κ2) is 5.72. The van der Waals surface area contributed by atoms with E-state index < -0.39 is 0 Å². The fraction of sp³-hybridized carbons (Fsp3) is 1.00. The molecule has 2 nitrogen and oxygen atoms in total. The Labute approximate surface area is 87.9 Å². The minimum absolute atomic E-state index is 0.0347. The van der Waals surface area contributed by atoms with E-state index in [2.05, 4.69) is 13.8 Å². The van der Waals surface area contributed by atoms with Crippen molar-refractivity contribution < 1.29 is 5.11 Å². The molecule has 0 aromatic rings. The molecule has 0 aliphatic heterocycles. The van der Waals surface area contributed by atoms with E-state index in [1.807, 2.05) is 0 Å². The molecule has 0 saturated heterocycles. The molecule has 2 heteroatoms. The van der Waals surface area contributed by atoms with E-state index in [1.165, 1.54) is 12.8 Å². The van der Waals surface area contributed by atoms with Crippen LogP contribution >= 0.6 is 0 Å². The van der Waals surface area contributed by atoms with Gasteiger partial charge in [-0.1, -0.05) is 13.8 Å². The van der Waals surface area contributed by atoms with Gasteiger partial charge in [-0.2, -0.15) is 0 Å². The standard InChI is InChI=1S/C12H25NO/c1-9(2)7-11(13)8-10-3-5-12(14)6-4-10/h9-12,14H,3-8,13H2,1-2H3/t10?,11-,12?/m1/s1. The van der Waals surface area contributed by atoms with Crippen LogP contribution in [0.5, 0.6) is 0 Å². The van der Waals surface area contributed by atoms with Gasteiger partial charge in [0.2, 0.25) is 0 Å². The van der Waals surface area contributed by atoms with Crippen LogP contribution in [0.25, 0.3) is 0 Å². The van der Waals surface area contributed by atoms with Gasteiger partial charge in [-0.05, 0) is 50.4 Å². The molecule has 3 N–H and O–H groups in total. The zero-order chi connectivity index (χ0) is 10.6. The summed E-state index contributed by atoms with van der Waals surface area (Å²) in [5.74, 6) is 1.48. The molecule has 0 amide bonds. The van der Waals surface area contributed by atoms with Gasteiger partial charge in [0.05, 0.1) is 6.10 Å². The Morgan fingerprint density at radius 3 is 2.29 bits per heavy atom. The molecule has 1 aliphatic rings. The predicted octanol–water partition coefficient (Wildman–Crippen LogP) is 2.30. The van der Waals surface area contributed by atoms with E-state index in [0.29, 0.717) is 12.0 Å². The van der Waals surface area contributed by atoms with Gasteiger partial charge in [0, 0.05) is 6.04 Å². The van der Waals surface area contributed by atoms with Crippen molar-refractivity contribution in [3.63, 3.8) is 0 Å². The third-order valence-electron chi connectivity index (χ3n) is 3.23. The monoisotopic (exact) mass is 199 g/mol. The molecule has 0 aromatic carbocycles. The van der Waals surface area contributed by atoms with Crippen molar-refractivity contribution in [2.45, 2.75) is 64.5 Å². The zero-order valence-corrected chi connectivity index (χ0v) is 9.58. The maximum Gasteiger partial charge on any atom is 0.0540 e. The molecule has 0 radical (unpaired) electrons. The van der Waals surface area contributed by atoms with Crippen LogP contribution in [0.15, 0.2) is 0 Å². The Kier molecular flexibility index (Phi) is 4.90. The Bertz CT molecular complexity index is 150. The summed E-state index contributed by atoms with van der Waals surface area (Å²) in [6, 6.07) is 0.371. The van der Waals surface area contributed by atoms with Crippen molar-refractivity contribution in [2.24, 2.45) is 17.6 Å². The molecule has 1 atom stereocenters. The van der Waals surface area contributed by atoms with Gasteiger partial charge >= 0.3 is 0 Å². The highest BCUT2D eigenvalue weighted by atomic mass is 16.3. The zero-order valence-electron chi connectivity index (χ0n) is 9.58. The minimum Gasteiger partial charge on any atom is -0.393 e. The average molecular weight is 199 g/mol. The van der Waals surface area contributed by atoms with Crippen LogP contribution in [-0.2, 0) is 0 Å². The number of hydrogen-bond donors (Lipinski definition) is 2. The molecule has 1 aliphatic carbocycles. The lowest BCUT2D eigenvalue weighted by atomic mass is 9.82. The normalized spacial score (nSPS) is 30.6. The maximum absolute atomic E-state index is 9.38. The lowest BCUT2D eigenvalue weighted by molar-refractivity contribution is 0.104. The SMILES string of the molecule is CC(C)C[C@@H](N)CC1CCC(O)CC1. The van der Waals surface area contributed by atoms with E-state index >= 15 is 0 Å². The molecule has 1 saturated carbocycles. The Balaban J connectivity index is 2.17. The molecule has 1 rings (SSSR count). The molecule has 0 bridgehead atoms. The predicted molar refractivity (Wildman–Crippen MR) is 60.0 cm³/mol. The van der Waals surface area contributed by atoms with E-state index in [9.17, 15) is 5.11 Å². The lowest BCUT2D eigenvalue weighted by Crippen LogP contribution is -2.28. The van der Waals surface area contributed by atoms with Gasteiger partial charge in [0.15, 0.2) is 0 Å². The van der Waals surface area contributed by atoms with Gasteiger partial charge in [-0.15, -0.1) is 0 Å². The van der Waals surface area contributed by atoms with Crippen molar-refractivity contribution in [1.82, 2.24) is 0 Å². The summed E-state index contributed by atoms with van der Waals surface area (Å²) >= 11 is 0. The van der Waals surface area contributed by atoms with Gasteiger partial charge in [-0.3, -0.25) is 0 Å². The number of nitrogens with two attached hydrogens (primary N) is 1. The Morgan fingerprint density at radius 2 is 1.79 bits per heavy atom. The van der Waals surface area contributed by atoms with Crippen molar-refractivity contribution in [3.05, 3.63) is 0 Å². The van der Waals surface area contributed by atoms with Crippen molar-refractivity contribution >= 4 is 0 Å². The van der Waals surface area contributed by atoms with Crippen LogP contribution in [-0.4, -0.2) is 17.3 Å². The van der Waals surface area contributed by atoms with Crippen molar-refractivity contribution in [3.8, 4) is 0 Å². The Morgan fingerprint density at radius 1 is 1.21 bits per heavy atom. The van der Waals surface area contributed by atoms with Crippen LogP contribution in [0.2, 0.25) is 0 Å². The summed E-state index contributed by atoms with van der Waals surface area (Å²) in [6.07, 6.45) is 6.58. The number of aliphatic hydroxyl groups excluding tert-OH is 1. The third kappa shape index (κ3) is 4.43. The molecular weight excluding hydrogens is 174 g/mol. The molecule has 0 aromatic heterocycles. The Hall–Kier alpha value is -0.0800. The molecular formula is C12H25NO. The molecule has 1 fully saturated rings. The number of aliphatic hydroxyl groups is 1. The summed E-state index contributed by atoms with van der Waals surface area (Å²) in [5.41, 5.74) is 6.08. The molecule has 0 spiro atoms. The van der Waals surface area contributed by atoms with Gasteiger partial charge in [0.25, 0.3) is 0 Å². The topological polar surface area (TPSA) is 46.2 Å². The first-order chi connectivity index (χ1) is 6.58. The van der Waals surface area contributed by atoms with Gasteiger partial charge < -0.3 is 10.8 Å². The summed E-state index contributed by atoms with van der Waals surface area (Å²) in [5, 5.41) is 9.38. The van der Waals surface area contributed by atoms with E-state index in [4.69, 9.17) is 5.73 Å². The number of rotatable bonds is 4. The molecule has 0 unspecified atom stereocenters. The second-order valence-electron chi connectivity index (χ2n) is 5.30. The molecule has 84 valence electrons. The van der Waals surface area contributed by atoms with E-state index in [0.717, 1.165) is 31.6 Å². The fourth-order valence-electron chi connectivity index (χ4n) is 2.51. The first-order valence-corrected chi connectivity index (χ1v) is 6.01. The largest absolute Gasteiger partial charge is 0.393 e. The average Bonchev–Trinajstić information content (AvgIpc) is 2.07.